The predicted octanol–water partition coefficient (Wildman–Crippen LogP) is 2.94. The van der Waals surface area contributed by atoms with Crippen molar-refractivity contribution in [3.8, 4) is 0 Å². The molecule has 0 radical (unpaired) electrons. The van der Waals surface area contributed by atoms with Crippen LogP contribution in [-0.4, -0.2) is 47.0 Å². The second kappa shape index (κ2) is 7.63. The van der Waals surface area contributed by atoms with Gasteiger partial charge >= 0.3 is 0 Å². The number of pyridine rings is 1. The van der Waals surface area contributed by atoms with Crippen LogP contribution in [0, 0.1) is 0 Å². The number of fused-ring (bicyclic) bond motifs is 2. The van der Waals surface area contributed by atoms with Crippen molar-refractivity contribution >= 4 is 49.5 Å². The van der Waals surface area contributed by atoms with E-state index in [2.05, 4.69) is 30.9 Å². The number of hydrogen-bond acceptors (Lipinski definition) is 8. The Kier molecular flexibility index (Phi) is 5.09. The molecular weight excluding hydrogens is 488 g/mol. The fourth-order valence-electron chi connectivity index (χ4n) is 4.50. The number of aromatic nitrogens is 4. The zero-order valence-electron chi connectivity index (χ0n) is 18.2. The van der Waals surface area contributed by atoms with Crippen molar-refractivity contribution in [2.75, 3.05) is 11.5 Å². The lowest BCUT2D eigenvalue weighted by molar-refractivity contribution is -0.131. The highest BCUT2D eigenvalue weighted by Gasteiger charge is 2.60. The first-order valence-electron chi connectivity index (χ1n) is 10.6. The number of ether oxygens (including phenoxy) is 1. The third-order valence-corrected chi connectivity index (χ3v) is 7.50. The number of rotatable bonds is 4. The van der Waals surface area contributed by atoms with Crippen molar-refractivity contribution in [1.29, 1.82) is 0 Å². The Labute approximate surface area is 198 Å². The van der Waals surface area contributed by atoms with E-state index < -0.39 is 23.5 Å². The molecule has 0 saturated carbocycles. The van der Waals surface area contributed by atoms with Gasteiger partial charge in [0.1, 0.15) is 35.3 Å². The molecule has 6 N–H and O–H groups in total. The minimum absolute atomic E-state index is 0.346. The molecule has 172 valence electrons. The molecule has 4 heterocycles. The molecule has 1 fully saturated rings. The Morgan fingerprint density at radius 3 is 2.73 bits per heavy atom. The molecule has 4 atom stereocenters. The van der Waals surface area contributed by atoms with Crippen LogP contribution in [0.25, 0.3) is 21.9 Å². The van der Waals surface area contributed by atoms with Gasteiger partial charge in [-0.3, -0.25) is 0 Å². The summed E-state index contributed by atoms with van der Waals surface area (Å²) < 4.78 is 8.79. The van der Waals surface area contributed by atoms with E-state index in [1.165, 1.54) is 6.33 Å². The molecule has 0 aliphatic carbocycles. The van der Waals surface area contributed by atoms with Crippen LogP contribution in [0.1, 0.15) is 32.1 Å². The number of nitrogens with zero attached hydrogens (tertiary/aromatic N) is 4. The zero-order chi connectivity index (χ0) is 23.5. The normalized spacial score (nSPS) is 27.5. The molecule has 1 aliphatic heterocycles. The van der Waals surface area contributed by atoms with Gasteiger partial charge in [0.25, 0.3) is 0 Å². The number of anilines is 2. The van der Waals surface area contributed by atoms with E-state index in [0.717, 1.165) is 20.9 Å². The van der Waals surface area contributed by atoms with E-state index in [1.807, 2.05) is 31.2 Å². The molecule has 0 unspecified atom stereocenters. The van der Waals surface area contributed by atoms with Crippen LogP contribution in [0.5, 0.6) is 0 Å². The Hall–Kier alpha value is -2.79. The van der Waals surface area contributed by atoms with Gasteiger partial charge in [-0.15, -0.1) is 0 Å². The van der Waals surface area contributed by atoms with E-state index in [1.54, 1.807) is 23.8 Å². The topological polar surface area (TPSA) is 145 Å². The van der Waals surface area contributed by atoms with Crippen molar-refractivity contribution in [1.82, 2.24) is 19.5 Å². The van der Waals surface area contributed by atoms with Gasteiger partial charge in [-0.1, -0.05) is 12.1 Å². The molecule has 4 aromatic rings. The number of benzene rings is 1. The maximum Gasteiger partial charge on any atom is 0.165 e. The van der Waals surface area contributed by atoms with Crippen LogP contribution in [0.4, 0.5) is 11.6 Å². The number of nitrogens with two attached hydrogens (primary N) is 2. The Morgan fingerprint density at radius 2 is 1.94 bits per heavy atom. The molecule has 1 saturated heterocycles. The molecule has 33 heavy (non-hydrogen) atoms. The molecule has 5 rings (SSSR count). The maximum atomic E-state index is 11.3. The number of aliphatic hydroxyl groups excluding tert-OH is 1. The summed E-state index contributed by atoms with van der Waals surface area (Å²) in [6.45, 7) is 3.42. The lowest BCUT2D eigenvalue weighted by Gasteiger charge is -2.36. The molecule has 0 spiro atoms. The Bertz CT molecular complexity index is 1370. The average Bonchev–Trinajstić information content (AvgIpc) is 3.28. The largest absolute Gasteiger partial charge is 0.385 e. The molecule has 3 aromatic heterocycles. The van der Waals surface area contributed by atoms with E-state index >= 15 is 0 Å². The standard InChI is InChI=1S/C23H25BrN6O3/c1-22(7-5-12-3-4-13-10-15(24)19(26)29-16(13)9-12)23(2,32)17(31)21(33-22)30-8-6-14-18(25)27-11-28-20(14)30/h3-4,6,8-11,17,21,31-32H,5,7H2,1-2H3,(H2,26,29)(H2,25,27,28)/t17-,21+,22+,23-/m0/s1. The lowest BCUT2D eigenvalue weighted by atomic mass is 9.80. The first-order chi connectivity index (χ1) is 15.6. The van der Waals surface area contributed by atoms with Crippen molar-refractivity contribution in [3.63, 3.8) is 0 Å². The number of hydrogen-bond donors (Lipinski definition) is 4. The molecule has 9 nitrogen and oxygen atoms in total. The summed E-state index contributed by atoms with van der Waals surface area (Å²) in [6, 6.07) is 9.71. The summed E-state index contributed by atoms with van der Waals surface area (Å²) in [5, 5.41) is 24.0. The zero-order valence-corrected chi connectivity index (χ0v) is 19.8. The van der Waals surface area contributed by atoms with E-state index in [-0.39, 0.29) is 0 Å². The third kappa shape index (κ3) is 3.45. The molecule has 1 aromatic carbocycles. The molecule has 10 heteroatoms. The number of halogens is 1. The van der Waals surface area contributed by atoms with Crippen molar-refractivity contribution in [2.24, 2.45) is 0 Å². The van der Waals surface area contributed by atoms with Crippen LogP contribution >= 0.6 is 15.9 Å². The van der Waals surface area contributed by atoms with Gasteiger partial charge in [-0.25, -0.2) is 15.0 Å². The highest BCUT2D eigenvalue weighted by molar-refractivity contribution is 9.10. The number of nitrogen functional groups attached to an aromatic ring is 2. The lowest BCUT2D eigenvalue weighted by Crippen LogP contribution is -2.52. The highest BCUT2D eigenvalue weighted by Crippen LogP contribution is 2.47. The summed E-state index contributed by atoms with van der Waals surface area (Å²) >= 11 is 3.40. The van der Waals surface area contributed by atoms with Crippen molar-refractivity contribution in [2.45, 2.75) is 50.2 Å². The Balaban J connectivity index is 1.42. The van der Waals surface area contributed by atoms with Gasteiger partial charge in [0.15, 0.2) is 6.23 Å². The van der Waals surface area contributed by atoms with Gasteiger partial charge in [-0.2, -0.15) is 0 Å². The quantitative estimate of drug-likeness (QED) is 0.326. The van der Waals surface area contributed by atoms with Gasteiger partial charge in [-0.05, 0) is 66.4 Å². The first-order valence-corrected chi connectivity index (χ1v) is 11.4. The monoisotopic (exact) mass is 512 g/mol. The van der Waals surface area contributed by atoms with E-state index in [9.17, 15) is 10.2 Å². The average molecular weight is 513 g/mol. The SMILES string of the molecule is C[C@]1(CCc2ccc3cc(Br)c(N)nc3c2)O[C@@H](n2ccc3c(N)ncnc32)[C@H](O)[C@]1(C)O. The van der Waals surface area contributed by atoms with Crippen LogP contribution in [0.2, 0.25) is 0 Å². The van der Waals surface area contributed by atoms with Crippen LogP contribution in [0.15, 0.2) is 47.3 Å². The van der Waals surface area contributed by atoms with E-state index in [4.69, 9.17) is 16.2 Å². The second-order valence-corrected chi connectivity index (χ2v) is 9.79. The van der Waals surface area contributed by atoms with Gasteiger partial charge in [0, 0.05) is 11.6 Å². The number of aryl methyl sites for hydroxylation is 1. The molecular formula is C23H25BrN6O3. The summed E-state index contributed by atoms with van der Waals surface area (Å²) in [7, 11) is 0. The van der Waals surface area contributed by atoms with Gasteiger partial charge in [0.05, 0.1) is 21.0 Å². The summed E-state index contributed by atoms with van der Waals surface area (Å²) in [4.78, 5) is 12.7. The van der Waals surface area contributed by atoms with Crippen LogP contribution in [0.3, 0.4) is 0 Å². The summed E-state index contributed by atoms with van der Waals surface area (Å²) in [5.74, 6) is 0.779. The second-order valence-electron chi connectivity index (χ2n) is 8.93. The molecule has 0 bridgehead atoms. The smallest absolute Gasteiger partial charge is 0.165 e. The first kappa shape index (κ1) is 22.0. The molecule has 0 amide bonds. The van der Waals surface area contributed by atoms with E-state index in [0.29, 0.717) is 35.5 Å². The minimum Gasteiger partial charge on any atom is -0.385 e. The van der Waals surface area contributed by atoms with Gasteiger partial charge < -0.3 is 31.0 Å². The third-order valence-electron chi connectivity index (χ3n) is 6.87. The van der Waals surface area contributed by atoms with Gasteiger partial charge in [0.2, 0.25) is 0 Å². The van der Waals surface area contributed by atoms with Crippen LogP contribution in [-0.2, 0) is 11.2 Å². The van der Waals surface area contributed by atoms with Crippen molar-refractivity contribution < 1.29 is 14.9 Å². The predicted molar refractivity (Wildman–Crippen MR) is 129 cm³/mol. The molecule has 1 aliphatic rings. The van der Waals surface area contributed by atoms with Crippen LogP contribution < -0.4 is 11.5 Å². The minimum atomic E-state index is -1.50. The number of aliphatic hydroxyl groups is 2. The summed E-state index contributed by atoms with van der Waals surface area (Å²) in [6.07, 6.45) is 2.19. The van der Waals surface area contributed by atoms with Crippen molar-refractivity contribution in [3.05, 3.63) is 52.9 Å². The maximum absolute atomic E-state index is 11.3. The Morgan fingerprint density at radius 1 is 1.15 bits per heavy atom. The fourth-order valence-corrected chi connectivity index (χ4v) is 4.83. The fraction of sp³-hybridized carbons (Fsp3) is 0.348. The highest BCUT2D eigenvalue weighted by atomic mass is 79.9. The summed E-state index contributed by atoms with van der Waals surface area (Å²) in [5.41, 5.74) is 11.7.